The Hall–Kier alpha value is -0.480. The smallest absolute Gasteiger partial charge is 0.138 e. The predicted molar refractivity (Wildman–Crippen MR) is 70.7 cm³/mol. The zero-order chi connectivity index (χ0) is 13.2. The van der Waals surface area contributed by atoms with Gasteiger partial charge in [-0.3, -0.25) is 0 Å². The van der Waals surface area contributed by atoms with Crippen LogP contribution in [0.4, 0.5) is 0 Å². The Morgan fingerprint density at radius 2 is 1.94 bits per heavy atom. The molecule has 0 fully saturated rings. The summed E-state index contributed by atoms with van der Waals surface area (Å²) < 4.78 is 0. The van der Waals surface area contributed by atoms with Gasteiger partial charge in [0.15, 0.2) is 0 Å². The molecule has 0 aliphatic heterocycles. The summed E-state index contributed by atoms with van der Waals surface area (Å²) in [6.07, 6.45) is -0.515. The van der Waals surface area contributed by atoms with Gasteiger partial charge in [0.1, 0.15) is 5.75 Å². The van der Waals surface area contributed by atoms with Crippen LogP contribution in [0.5, 0.6) is 5.75 Å². The van der Waals surface area contributed by atoms with Gasteiger partial charge in [-0.2, -0.15) is 0 Å². The van der Waals surface area contributed by atoms with E-state index in [1.54, 1.807) is 13.0 Å². The SMILES string of the molecule is CC(O)C(C)(C)NCc1cc(Cl)cc(Cl)c1O. The minimum atomic E-state index is -0.515. The van der Waals surface area contributed by atoms with Crippen LogP contribution in [0.15, 0.2) is 12.1 Å². The van der Waals surface area contributed by atoms with Crippen LogP contribution in [-0.4, -0.2) is 21.9 Å². The van der Waals surface area contributed by atoms with Gasteiger partial charge in [-0.15, -0.1) is 0 Å². The number of rotatable bonds is 4. The number of aliphatic hydroxyl groups is 1. The largest absolute Gasteiger partial charge is 0.506 e. The molecule has 1 unspecified atom stereocenters. The molecule has 96 valence electrons. The van der Waals surface area contributed by atoms with Crippen LogP contribution in [0, 0.1) is 0 Å². The number of aliphatic hydroxyl groups excluding tert-OH is 1. The highest BCUT2D eigenvalue weighted by atomic mass is 35.5. The molecule has 17 heavy (non-hydrogen) atoms. The van der Waals surface area contributed by atoms with E-state index in [-0.39, 0.29) is 10.8 Å². The lowest BCUT2D eigenvalue weighted by Crippen LogP contribution is -2.47. The van der Waals surface area contributed by atoms with E-state index in [4.69, 9.17) is 23.2 Å². The van der Waals surface area contributed by atoms with Crippen LogP contribution in [0.3, 0.4) is 0 Å². The first-order valence-corrected chi connectivity index (χ1v) is 6.09. The molecule has 5 heteroatoms. The van der Waals surface area contributed by atoms with Crippen molar-refractivity contribution in [3.8, 4) is 5.75 Å². The van der Waals surface area contributed by atoms with E-state index >= 15 is 0 Å². The van der Waals surface area contributed by atoms with Crippen molar-refractivity contribution in [3.05, 3.63) is 27.7 Å². The molecule has 0 saturated heterocycles. The van der Waals surface area contributed by atoms with Gasteiger partial charge in [0.2, 0.25) is 0 Å². The van der Waals surface area contributed by atoms with Crippen molar-refractivity contribution in [3.63, 3.8) is 0 Å². The highest BCUT2D eigenvalue weighted by Crippen LogP contribution is 2.31. The van der Waals surface area contributed by atoms with E-state index < -0.39 is 11.6 Å². The average Bonchev–Trinajstić information content (AvgIpc) is 2.21. The molecule has 3 nitrogen and oxygen atoms in total. The molecule has 1 aromatic carbocycles. The fourth-order valence-corrected chi connectivity index (χ4v) is 1.76. The molecule has 0 aromatic heterocycles. The van der Waals surface area contributed by atoms with Gasteiger partial charge in [0, 0.05) is 22.7 Å². The maximum Gasteiger partial charge on any atom is 0.138 e. The second-order valence-corrected chi connectivity index (χ2v) is 5.49. The second kappa shape index (κ2) is 5.44. The van der Waals surface area contributed by atoms with Gasteiger partial charge in [0.05, 0.1) is 11.1 Å². The fourth-order valence-electron chi connectivity index (χ4n) is 1.22. The third-order valence-electron chi connectivity index (χ3n) is 2.89. The van der Waals surface area contributed by atoms with Gasteiger partial charge >= 0.3 is 0 Å². The van der Waals surface area contributed by atoms with Crippen molar-refractivity contribution in [2.24, 2.45) is 0 Å². The number of benzene rings is 1. The molecule has 0 radical (unpaired) electrons. The molecule has 0 spiro atoms. The number of hydrogen-bond donors (Lipinski definition) is 3. The minimum Gasteiger partial charge on any atom is -0.506 e. The first-order chi connectivity index (χ1) is 7.74. The van der Waals surface area contributed by atoms with Crippen molar-refractivity contribution in [2.75, 3.05) is 0 Å². The van der Waals surface area contributed by atoms with Crippen molar-refractivity contribution < 1.29 is 10.2 Å². The zero-order valence-electron chi connectivity index (χ0n) is 10.1. The van der Waals surface area contributed by atoms with Gasteiger partial charge in [-0.1, -0.05) is 23.2 Å². The normalized spacial score (nSPS) is 13.8. The van der Waals surface area contributed by atoms with E-state index in [0.717, 1.165) is 0 Å². The van der Waals surface area contributed by atoms with Crippen LogP contribution >= 0.6 is 23.2 Å². The topological polar surface area (TPSA) is 52.5 Å². The summed E-state index contributed by atoms with van der Waals surface area (Å²) in [5.41, 5.74) is 0.151. The lowest BCUT2D eigenvalue weighted by molar-refractivity contribution is 0.0955. The predicted octanol–water partition coefficient (Wildman–Crippen LogP) is 2.95. The molecule has 0 aliphatic carbocycles. The number of phenolic OH excluding ortho intramolecular Hbond substituents is 1. The highest BCUT2D eigenvalue weighted by molar-refractivity contribution is 6.35. The summed E-state index contributed by atoms with van der Waals surface area (Å²) >= 11 is 11.7. The quantitative estimate of drug-likeness (QED) is 0.793. The second-order valence-electron chi connectivity index (χ2n) is 4.65. The summed E-state index contributed by atoms with van der Waals surface area (Å²) in [5.74, 6) is 0.0185. The number of phenols is 1. The molecular formula is C12H17Cl2NO2. The van der Waals surface area contributed by atoms with Crippen LogP contribution in [0.1, 0.15) is 26.3 Å². The molecule has 0 heterocycles. The molecule has 1 aromatic rings. The van der Waals surface area contributed by atoms with E-state index in [0.29, 0.717) is 17.1 Å². The molecule has 0 bridgehead atoms. The number of aromatic hydroxyl groups is 1. The number of hydrogen-bond acceptors (Lipinski definition) is 3. The third kappa shape index (κ3) is 3.75. The lowest BCUT2D eigenvalue weighted by Gasteiger charge is -2.29. The molecule has 0 saturated carbocycles. The first-order valence-electron chi connectivity index (χ1n) is 5.34. The third-order valence-corrected chi connectivity index (χ3v) is 3.39. The maximum absolute atomic E-state index is 9.76. The summed E-state index contributed by atoms with van der Waals surface area (Å²) in [6, 6.07) is 3.13. The standard InChI is InChI=1S/C12H17Cl2NO2/c1-7(16)12(2,3)15-6-8-4-9(13)5-10(14)11(8)17/h4-5,7,15-17H,6H2,1-3H3. The van der Waals surface area contributed by atoms with Gasteiger partial charge in [-0.05, 0) is 32.9 Å². The summed E-state index contributed by atoms with van der Waals surface area (Å²) in [4.78, 5) is 0. The van der Waals surface area contributed by atoms with Crippen molar-refractivity contribution in [1.29, 1.82) is 0 Å². The summed E-state index contributed by atoms with van der Waals surface area (Å²) in [5, 5.41) is 23.2. The Kier molecular flexibility index (Phi) is 4.67. The maximum atomic E-state index is 9.76. The van der Waals surface area contributed by atoms with E-state index in [1.807, 2.05) is 13.8 Å². The average molecular weight is 278 g/mol. The lowest BCUT2D eigenvalue weighted by atomic mass is 9.98. The van der Waals surface area contributed by atoms with Crippen molar-refractivity contribution in [2.45, 2.75) is 39.0 Å². The monoisotopic (exact) mass is 277 g/mol. The highest BCUT2D eigenvalue weighted by Gasteiger charge is 2.23. The van der Waals surface area contributed by atoms with Gasteiger partial charge in [-0.25, -0.2) is 0 Å². The van der Waals surface area contributed by atoms with Crippen molar-refractivity contribution in [1.82, 2.24) is 5.32 Å². The van der Waals surface area contributed by atoms with Crippen molar-refractivity contribution >= 4 is 23.2 Å². The van der Waals surface area contributed by atoms with Gasteiger partial charge < -0.3 is 15.5 Å². The molecule has 1 rings (SSSR count). The number of nitrogens with one attached hydrogen (secondary N) is 1. The molecule has 1 atom stereocenters. The van der Waals surface area contributed by atoms with Crippen LogP contribution in [0.2, 0.25) is 10.0 Å². The Balaban J connectivity index is 2.83. The van der Waals surface area contributed by atoms with Crippen LogP contribution < -0.4 is 5.32 Å². The van der Waals surface area contributed by atoms with Crippen LogP contribution in [-0.2, 0) is 6.54 Å². The van der Waals surface area contributed by atoms with Gasteiger partial charge in [0.25, 0.3) is 0 Å². The fraction of sp³-hybridized carbons (Fsp3) is 0.500. The van der Waals surface area contributed by atoms with E-state index in [1.165, 1.54) is 6.07 Å². The first kappa shape index (κ1) is 14.6. The Labute approximate surface area is 111 Å². The number of halogens is 2. The van der Waals surface area contributed by atoms with Crippen LogP contribution in [0.25, 0.3) is 0 Å². The Morgan fingerprint density at radius 1 is 1.35 bits per heavy atom. The van der Waals surface area contributed by atoms with E-state index in [2.05, 4.69) is 5.32 Å². The molecule has 0 aliphatic rings. The Bertz CT molecular complexity index is 406. The minimum absolute atomic E-state index is 0.0185. The zero-order valence-corrected chi connectivity index (χ0v) is 11.6. The summed E-state index contributed by atoms with van der Waals surface area (Å²) in [7, 11) is 0. The molecular weight excluding hydrogens is 261 g/mol. The molecule has 3 N–H and O–H groups in total. The summed E-state index contributed by atoms with van der Waals surface area (Å²) in [6.45, 7) is 5.84. The molecule has 0 amide bonds. The van der Waals surface area contributed by atoms with E-state index in [9.17, 15) is 10.2 Å². The Morgan fingerprint density at radius 3 is 2.47 bits per heavy atom.